The van der Waals surface area contributed by atoms with Crippen LogP contribution >= 0.6 is 0 Å². The maximum atomic E-state index is 11.7. The average molecular weight is 364 g/mol. The van der Waals surface area contributed by atoms with Gasteiger partial charge >= 0.3 is 5.97 Å². The van der Waals surface area contributed by atoms with Gasteiger partial charge in [0, 0.05) is 6.42 Å². The van der Waals surface area contributed by atoms with E-state index in [0.29, 0.717) is 24.3 Å². The van der Waals surface area contributed by atoms with Crippen LogP contribution in [-0.2, 0) is 14.3 Å². The van der Waals surface area contributed by atoms with Crippen molar-refractivity contribution in [2.75, 3.05) is 13.2 Å². The molecule has 0 heterocycles. The summed E-state index contributed by atoms with van der Waals surface area (Å²) in [5.41, 5.74) is 5.09. The van der Waals surface area contributed by atoms with Gasteiger partial charge in [-0.3, -0.25) is 20.4 Å². The molecule has 144 valence electrons. The largest absolute Gasteiger partial charge is 0.484 e. The third kappa shape index (κ3) is 9.05. The van der Waals surface area contributed by atoms with E-state index in [1.54, 1.807) is 24.3 Å². The minimum atomic E-state index is -0.460. The molecule has 0 aliphatic heterocycles. The molecule has 0 aliphatic rings. The van der Waals surface area contributed by atoms with E-state index < -0.39 is 11.9 Å². The van der Waals surface area contributed by atoms with E-state index in [1.165, 1.54) is 0 Å². The number of carbonyl (C=O) groups is 3. The molecule has 0 saturated carbocycles. The van der Waals surface area contributed by atoms with E-state index in [9.17, 15) is 14.4 Å². The summed E-state index contributed by atoms with van der Waals surface area (Å²) in [5, 5.41) is 0. The number of rotatable bonds is 11. The molecule has 2 N–H and O–H groups in total. The van der Waals surface area contributed by atoms with Gasteiger partial charge in [-0.15, -0.1) is 0 Å². The van der Waals surface area contributed by atoms with Crippen molar-refractivity contribution < 1.29 is 23.9 Å². The van der Waals surface area contributed by atoms with Crippen LogP contribution in [0.4, 0.5) is 0 Å². The lowest BCUT2D eigenvalue weighted by atomic mass is 10.1. The number of benzene rings is 1. The van der Waals surface area contributed by atoms with E-state index in [1.807, 2.05) is 6.92 Å². The van der Waals surface area contributed by atoms with Gasteiger partial charge in [0.2, 0.25) is 5.91 Å². The van der Waals surface area contributed by atoms with E-state index in [-0.39, 0.29) is 12.5 Å². The highest BCUT2D eigenvalue weighted by molar-refractivity contribution is 5.89. The van der Waals surface area contributed by atoms with Crippen LogP contribution in [0.3, 0.4) is 0 Å². The Hall–Kier alpha value is -2.57. The first-order valence-corrected chi connectivity index (χ1v) is 9.04. The highest BCUT2D eigenvalue weighted by atomic mass is 16.5. The third-order valence-corrected chi connectivity index (χ3v) is 3.50. The maximum Gasteiger partial charge on any atom is 0.338 e. The second-order valence-corrected chi connectivity index (χ2v) is 5.86. The first-order chi connectivity index (χ1) is 12.6. The SMILES string of the molecule is CCCCCCC(=O)NNC(=O)COc1ccc(C(=O)OCCC)cc1. The summed E-state index contributed by atoms with van der Waals surface area (Å²) in [4.78, 5) is 34.9. The second-order valence-electron chi connectivity index (χ2n) is 5.86. The Morgan fingerprint density at radius 3 is 2.23 bits per heavy atom. The van der Waals surface area contributed by atoms with Crippen molar-refractivity contribution >= 4 is 17.8 Å². The first-order valence-electron chi connectivity index (χ1n) is 9.04. The van der Waals surface area contributed by atoms with Crippen LogP contribution in [0.2, 0.25) is 0 Å². The lowest BCUT2D eigenvalue weighted by molar-refractivity contribution is -0.130. The molecule has 26 heavy (non-hydrogen) atoms. The number of ether oxygens (including phenoxy) is 2. The van der Waals surface area contributed by atoms with Gasteiger partial charge in [-0.25, -0.2) is 4.79 Å². The molecule has 0 aromatic heterocycles. The lowest BCUT2D eigenvalue weighted by Crippen LogP contribution is -2.43. The molecule has 0 atom stereocenters. The number of nitrogens with one attached hydrogen (secondary N) is 2. The van der Waals surface area contributed by atoms with Crippen LogP contribution in [-0.4, -0.2) is 31.0 Å². The standard InChI is InChI=1S/C19H28N2O5/c1-3-5-6-7-8-17(22)20-21-18(23)14-26-16-11-9-15(10-12-16)19(24)25-13-4-2/h9-12H,3-8,13-14H2,1-2H3,(H,20,22)(H,21,23). The molecule has 0 saturated heterocycles. The molecule has 0 fully saturated rings. The molecule has 7 heteroatoms. The topological polar surface area (TPSA) is 93.7 Å². The van der Waals surface area contributed by atoms with Gasteiger partial charge in [0.25, 0.3) is 5.91 Å². The highest BCUT2D eigenvalue weighted by Crippen LogP contribution is 2.13. The molecular weight excluding hydrogens is 336 g/mol. The molecule has 1 aromatic carbocycles. The number of carbonyl (C=O) groups excluding carboxylic acids is 3. The molecule has 2 amide bonds. The molecule has 0 spiro atoms. The number of hydrogen-bond acceptors (Lipinski definition) is 5. The summed E-state index contributed by atoms with van der Waals surface area (Å²) in [6.07, 6.45) is 5.16. The van der Waals surface area contributed by atoms with Crippen molar-refractivity contribution in [3.05, 3.63) is 29.8 Å². The minimum absolute atomic E-state index is 0.218. The van der Waals surface area contributed by atoms with Gasteiger partial charge in [-0.2, -0.15) is 0 Å². The fourth-order valence-corrected chi connectivity index (χ4v) is 2.06. The van der Waals surface area contributed by atoms with Crippen LogP contribution in [0.1, 0.15) is 62.7 Å². The predicted molar refractivity (Wildman–Crippen MR) is 97.6 cm³/mol. The van der Waals surface area contributed by atoms with Gasteiger partial charge in [-0.05, 0) is 37.1 Å². The number of unbranched alkanes of at least 4 members (excludes halogenated alkanes) is 3. The molecule has 0 aliphatic carbocycles. The van der Waals surface area contributed by atoms with E-state index in [4.69, 9.17) is 9.47 Å². The zero-order valence-corrected chi connectivity index (χ0v) is 15.5. The second kappa shape index (κ2) is 12.7. The van der Waals surface area contributed by atoms with Gasteiger partial charge in [0.1, 0.15) is 5.75 Å². The van der Waals surface area contributed by atoms with Crippen LogP contribution < -0.4 is 15.6 Å². The van der Waals surface area contributed by atoms with Crippen LogP contribution in [0, 0.1) is 0 Å². The monoisotopic (exact) mass is 364 g/mol. The van der Waals surface area contributed by atoms with E-state index in [0.717, 1.165) is 32.1 Å². The molecule has 0 unspecified atom stereocenters. The molecule has 1 rings (SSSR count). The fraction of sp³-hybridized carbons (Fsp3) is 0.526. The first kappa shape index (κ1) is 21.5. The molecule has 0 radical (unpaired) electrons. The van der Waals surface area contributed by atoms with Crippen molar-refractivity contribution in [3.8, 4) is 5.75 Å². The Morgan fingerprint density at radius 1 is 0.885 bits per heavy atom. The normalized spacial score (nSPS) is 10.1. The lowest BCUT2D eigenvalue weighted by Gasteiger charge is -2.09. The summed E-state index contributed by atoms with van der Waals surface area (Å²) in [6.45, 7) is 4.16. The van der Waals surface area contributed by atoms with Crippen LogP contribution in [0.5, 0.6) is 5.75 Å². The van der Waals surface area contributed by atoms with Gasteiger partial charge in [0.15, 0.2) is 6.61 Å². The van der Waals surface area contributed by atoms with Gasteiger partial charge in [-0.1, -0.05) is 33.1 Å². The summed E-state index contributed by atoms with van der Waals surface area (Å²) < 4.78 is 10.3. The van der Waals surface area contributed by atoms with Gasteiger partial charge < -0.3 is 9.47 Å². The summed E-state index contributed by atoms with van der Waals surface area (Å²) in [5.74, 6) is -0.626. The summed E-state index contributed by atoms with van der Waals surface area (Å²) in [7, 11) is 0. The highest BCUT2D eigenvalue weighted by Gasteiger charge is 2.08. The van der Waals surface area contributed by atoms with Crippen molar-refractivity contribution in [2.24, 2.45) is 0 Å². The molecule has 7 nitrogen and oxygen atoms in total. The van der Waals surface area contributed by atoms with Gasteiger partial charge in [0.05, 0.1) is 12.2 Å². The number of amides is 2. The summed E-state index contributed by atoms with van der Waals surface area (Å²) >= 11 is 0. The Balaban J connectivity index is 2.25. The quantitative estimate of drug-likeness (QED) is 0.358. The molecule has 0 bridgehead atoms. The van der Waals surface area contributed by atoms with Crippen molar-refractivity contribution in [1.82, 2.24) is 10.9 Å². The Morgan fingerprint density at radius 2 is 1.58 bits per heavy atom. The summed E-state index contributed by atoms with van der Waals surface area (Å²) in [6, 6.07) is 6.32. The zero-order valence-electron chi connectivity index (χ0n) is 15.5. The van der Waals surface area contributed by atoms with Crippen molar-refractivity contribution in [1.29, 1.82) is 0 Å². The third-order valence-electron chi connectivity index (χ3n) is 3.50. The fourth-order valence-electron chi connectivity index (χ4n) is 2.06. The smallest absolute Gasteiger partial charge is 0.338 e. The molecule has 1 aromatic rings. The van der Waals surface area contributed by atoms with Crippen LogP contribution in [0.25, 0.3) is 0 Å². The predicted octanol–water partition coefficient (Wildman–Crippen LogP) is 2.75. The maximum absolute atomic E-state index is 11.7. The van der Waals surface area contributed by atoms with Crippen molar-refractivity contribution in [3.63, 3.8) is 0 Å². The Kier molecular flexibility index (Phi) is 10.5. The average Bonchev–Trinajstić information content (AvgIpc) is 2.66. The van der Waals surface area contributed by atoms with Crippen LogP contribution in [0.15, 0.2) is 24.3 Å². The Labute approximate surface area is 154 Å². The van der Waals surface area contributed by atoms with E-state index >= 15 is 0 Å². The van der Waals surface area contributed by atoms with Crippen molar-refractivity contribution in [2.45, 2.75) is 52.4 Å². The minimum Gasteiger partial charge on any atom is -0.484 e. The Bertz CT molecular complexity index is 572. The zero-order chi connectivity index (χ0) is 19.2. The number of esters is 1. The number of hydrazine groups is 1. The van der Waals surface area contributed by atoms with E-state index in [2.05, 4.69) is 17.8 Å². The number of hydrogen-bond donors (Lipinski definition) is 2. The molecular formula is C19H28N2O5.